The predicted octanol–water partition coefficient (Wildman–Crippen LogP) is 1.79. The first kappa shape index (κ1) is 11.5. The van der Waals surface area contributed by atoms with Gasteiger partial charge in [0.05, 0.1) is 16.1 Å². The Labute approximate surface area is 101 Å². The average Bonchev–Trinajstić information content (AvgIpc) is 2.68. The SMILES string of the molecule is O=C(c1cccc(Br)c1F)N1CCC(O)C1. The van der Waals surface area contributed by atoms with Gasteiger partial charge in [0.25, 0.3) is 5.91 Å². The van der Waals surface area contributed by atoms with Crippen LogP contribution in [0.15, 0.2) is 22.7 Å². The number of carbonyl (C=O) groups is 1. The number of hydrogen-bond donors (Lipinski definition) is 1. The van der Waals surface area contributed by atoms with E-state index in [4.69, 9.17) is 0 Å². The van der Waals surface area contributed by atoms with Crippen LogP contribution >= 0.6 is 15.9 Å². The molecule has 5 heteroatoms. The smallest absolute Gasteiger partial charge is 0.256 e. The van der Waals surface area contributed by atoms with Crippen LogP contribution in [-0.2, 0) is 0 Å². The molecule has 2 rings (SSSR count). The molecule has 1 heterocycles. The number of β-amino-alcohol motifs (C(OH)–C–C–N with tert-alkyl or cyclic N) is 1. The number of aliphatic hydroxyl groups is 1. The van der Waals surface area contributed by atoms with E-state index in [0.717, 1.165) is 0 Å². The number of amides is 1. The van der Waals surface area contributed by atoms with E-state index in [2.05, 4.69) is 15.9 Å². The Bertz CT molecular complexity index is 424. The molecular weight excluding hydrogens is 277 g/mol. The molecular formula is C11H11BrFNO2. The van der Waals surface area contributed by atoms with Crippen LogP contribution in [-0.4, -0.2) is 35.1 Å². The summed E-state index contributed by atoms with van der Waals surface area (Å²) in [4.78, 5) is 13.4. The summed E-state index contributed by atoms with van der Waals surface area (Å²) in [5, 5.41) is 9.32. The molecule has 1 N–H and O–H groups in total. The zero-order valence-electron chi connectivity index (χ0n) is 8.49. The van der Waals surface area contributed by atoms with Gasteiger partial charge in [-0.25, -0.2) is 4.39 Å². The van der Waals surface area contributed by atoms with Crippen LogP contribution in [0.3, 0.4) is 0 Å². The molecule has 1 atom stereocenters. The summed E-state index contributed by atoms with van der Waals surface area (Å²) in [7, 11) is 0. The predicted molar refractivity (Wildman–Crippen MR) is 60.6 cm³/mol. The third-order valence-electron chi connectivity index (χ3n) is 2.63. The van der Waals surface area contributed by atoms with Crippen LogP contribution in [0.5, 0.6) is 0 Å². The van der Waals surface area contributed by atoms with Gasteiger partial charge in [-0.05, 0) is 34.5 Å². The summed E-state index contributed by atoms with van der Waals surface area (Å²) in [5.41, 5.74) is 0.0449. The highest BCUT2D eigenvalue weighted by atomic mass is 79.9. The van der Waals surface area contributed by atoms with Crippen molar-refractivity contribution in [3.05, 3.63) is 34.1 Å². The van der Waals surface area contributed by atoms with Crippen molar-refractivity contribution in [3.63, 3.8) is 0 Å². The quantitative estimate of drug-likeness (QED) is 0.856. The molecule has 1 unspecified atom stereocenters. The Morgan fingerprint density at radius 2 is 2.31 bits per heavy atom. The van der Waals surface area contributed by atoms with Gasteiger partial charge in [-0.2, -0.15) is 0 Å². The zero-order valence-corrected chi connectivity index (χ0v) is 10.1. The first-order chi connectivity index (χ1) is 7.59. The van der Waals surface area contributed by atoms with Crippen molar-refractivity contribution < 1.29 is 14.3 Å². The van der Waals surface area contributed by atoms with E-state index in [1.54, 1.807) is 12.1 Å². The van der Waals surface area contributed by atoms with Gasteiger partial charge in [0.2, 0.25) is 0 Å². The van der Waals surface area contributed by atoms with E-state index >= 15 is 0 Å². The zero-order chi connectivity index (χ0) is 11.7. The lowest BCUT2D eigenvalue weighted by molar-refractivity contribution is 0.0760. The van der Waals surface area contributed by atoms with Crippen molar-refractivity contribution in [3.8, 4) is 0 Å². The van der Waals surface area contributed by atoms with Gasteiger partial charge >= 0.3 is 0 Å². The Balaban J connectivity index is 2.24. The Morgan fingerprint density at radius 1 is 1.56 bits per heavy atom. The lowest BCUT2D eigenvalue weighted by atomic mass is 10.2. The Kier molecular flexibility index (Phi) is 3.25. The molecule has 1 aromatic carbocycles. The maximum atomic E-state index is 13.6. The lowest BCUT2D eigenvalue weighted by Gasteiger charge is -2.16. The third kappa shape index (κ3) is 2.10. The molecule has 3 nitrogen and oxygen atoms in total. The molecule has 0 bridgehead atoms. The third-order valence-corrected chi connectivity index (χ3v) is 3.25. The number of rotatable bonds is 1. The summed E-state index contributed by atoms with van der Waals surface area (Å²) in [6.07, 6.45) is 0.0700. The molecule has 0 saturated carbocycles. The highest BCUT2D eigenvalue weighted by Crippen LogP contribution is 2.21. The largest absolute Gasteiger partial charge is 0.391 e. The molecule has 86 valence electrons. The number of halogens is 2. The van der Waals surface area contributed by atoms with Crippen LogP contribution in [0, 0.1) is 5.82 Å². The minimum Gasteiger partial charge on any atom is -0.391 e. The second kappa shape index (κ2) is 4.51. The van der Waals surface area contributed by atoms with Crippen molar-refractivity contribution in [1.29, 1.82) is 0 Å². The van der Waals surface area contributed by atoms with Crippen molar-refractivity contribution in [2.45, 2.75) is 12.5 Å². The highest BCUT2D eigenvalue weighted by Gasteiger charge is 2.27. The maximum Gasteiger partial charge on any atom is 0.256 e. The van der Waals surface area contributed by atoms with E-state index in [1.165, 1.54) is 11.0 Å². The number of benzene rings is 1. The fourth-order valence-corrected chi connectivity index (χ4v) is 2.13. The molecule has 0 radical (unpaired) electrons. The second-order valence-electron chi connectivity index (χ2n) is 3.80. The first-order valence-corrected chi connectivity index (χ1v) is 5.80. The first-order valence-electron chi connectivity index (χ1n) is 5.01. The van der Waals surface area contributed by atoms with Gasteiger partial charge in [-0.1, -0.05) is 6.07 Å². The van der Waals surface area contributed by atoms with E-state index in [9.17, 15) is 14.3 Å². The number of likely N-dealkylation sites (tertiary alicyclic amines) is 1. The average molecular weight is 288 g/mol. The Morgan fingerprint density at radius 3 is 2.94 bits per heavy atom. The van der Waals surface area contributed by atoms with Crippen LogP contribution in [0.1, 0.15) is 16.8 Å². The van der Waals surface area contributed by atoms with Gasteiger partial charge in [-0.3, -0.25) is 4.79 Å². The van der Waals surface area contributed by atoms with Crippen LogP contribution in [0.25, 0.3) is 0 Å². The molecule has 0 aliphatic carbocycles. The van der Waals surface area contributed by atoms with Crippen molar-refractivity contribution in [2.75, 3.05) is 13.1 Å². The molecule has 1 fully saturated rings. The summed E-state index contributed by atoms with van der Waals surface area (Å²) in [5.74, 6) is -0.913. The van der Waals surface area contributed by atoms with Gasteiger partial charge in [0.1, 0.15) is 5.82 Å². The molecule has 1 aliphatic heterocycles. The maximum absolute atomic E-state index is 13.6. The van der Waals surface area contributed by atoms with Crippen molar-refractivity contribution in [1.82, 2.24) is 4.90 Å². The molecule has 1 aliphatic rings. The van der Waals surface area contributed by atoms with E-state index in [-0.39, 0.29) is 22.5 Å². The van der Waals surface area contributed by atoms with Crippen molar-refractivity contribution >= 4 is 21.8 Å². The standard InChI is InChI=1S/C11H11BrFNO2/c12-9-3-1-2-8(10(9)13)11(16)14-5-4-7(15)6-14/h1-3,7,15H,4-6H2. The number of carbonyl (C=O) groups excluding carboxylic acids is 1. The Hall–Kier alpha value is -0.940. The number of aliphatic hydroxyl groups excluding tert-OH is 1. The highest BCUT2D eigenvalue weighted by molar-refractivity contribution is 9.10. The normalized spacial score (nSPS) is 20.2. The van der Waals surface area contributed by atoms with E-state index in [1.807, 2.05) is 0 Å². The van der Waals surface area contributed by atoms with Crippen LogP contribution < -0.4 is 0 Å². The van der Waals surface area contributed by atoms with E-state index in [0.29, 0.717) is 13.0 Å². The summed E-state index contributed by atoms with van der Waals surface area (Å²) in [6.45, 7) is 0.761. The fourth-order valence-electron chi connectivity index (χ4n) is 1.77. The molecule has 1 amide bonds. The second-order valence-corrected chi connectivity index (χ2v) is 4.65. The van der Waals surface area contributed by atoms with Crippen LogP contribution in [0.2, 0.25) is 0 Å². The fraction of sp³-hybridized carbons (Fsp3) is 0.364. The van der Waals surface area contributed by atoms with Crippen molar-refractivity contribution in [2.24, 2.45) is 0 Å². The van der Waals surface area contributed by atoms with Gasteiger partial charge in [0, 0.05) is 13.1 Å². The number of hydrogen-bond acceptors (Lipinski definition) is 2. The molecule has 1 saturated heterocycles. The van der Waals surface area contributed by atoms with Gasteiger partial charge in [0.15, 0.2) is 0 Å². The summed E-state index contributed by atoms with van der Waals surface area (Å²) >= 11 is 3.04. The topological polar surface area (TPSA) is 40.5 Å². The monoisotopic (exact) mass is 287 g/mol. The minimum absolute atomic E-state index is 0.0449. The van der Waals surface area contributed by atoms with Crippen LogP contribution in [0.4, 0.5) is 4.39 Å². The molecule has 0 spiro atoms. The summed E-state index contributed by atoms with van der Waals surface area (Å²) < 4.78 is 13.9. The summed E-state index contributed by atoms with van der Waals surface area (Å²) in [6, 6.07) is 4.62. The number of nitrogens with zero attached hydrogens (tertiary/aromatic N) is 1. The van der Waals surface area contributed by atoms with E-state index < -0.39 is 11.9 Å². The molecule has 0 aromatic heterocycles. The lowest BCUT2D eigenvalue weighted by Crippen LogP contribution is -2.30. The molecule has 16 heavy (non-hydrogen) atoms. The van der Waals surface area contributed by atoms with Gasteiger partial charge < -0.3 is 10.0 Å². The minimum atomic E-state index is -0.547. The molecule has 1 aromatic rings. The van der Waals surface area contributed by atoms with Gasteiger partial charge in [-0.15, -0.1) is 0 Å².